The maximum atomic E-state index is 12.9. The molecule has 2 N–H and O–H groups in total. The van der Waals surface area contributed by atoms with E-state index in [2.05, 4.69) is 4.98 Å². The quantitative estimate of drug-likeness (QED) is 0.930. The molecular formula is C13H10F3N3O2. The first kappa shape index (κ1) is 14.8. The fraction of sp³-hybridized carbons (Fsp3) is 0.154. The Morgan fingerprint density at radius 1 is 1.29 bits per heavy atom. The predicted molar refractivity (Wildman–Crippen MR) is 67.6 cm³/mol. The van der Waals surface area contributed by atoms with Gasteiger partial charge in [-0.2, -0.15) is 13.2 Å². The number of nitrogens with zero attached hydrogens (tertiary/aromatic N) is 2. The summed E-state index contributed by atoms with van der Waals surface area (Å²) in [5, 5.41) is 0. The molecule has 0 spiro atoms. The number of nitrogens with two attached hydrogens (primary N) is 1. The maximum absolute atomic E-state index is 12.9. The highest BCUT2D eigenvalue weighted by Gasteiger charge is 2.32. The van der Waals surface area contributed by atoms with Gasteiger partial charge in [0.1, 0.15) is 5.69 Å². The third-order valence-corrected chi connectivity index (χ3v) is 2.80. The number of hydrogen-bond acceptors (Lipinski definition) is 3. The Kier molecular flexibility index (Phi) is 3.79. The summed E-state index contributed by atoms with van der Waals surface area (Å²) in [6.45, 7) is -0.305. The zero-order chi connectivity index (χ0) is 15.6. The van der Waals surface area contributed by atoms with Crippen molar-refractivity contribution in [2.75, 3.05) is 0 Å². The Morgan fingerprint density at radius 3 is 2.52 bits per heavy atom. The molecule has 0 fully saturated rings. The molecule has 21 heavy (non-hydrogen) atoms. The highest BCUT2D eigenvalue weighted by atomic mass is 19.4. The minimum absolute atomic E-state index is 0.0688. The van der Waals surface area contributed by atoms with Gasteiger partial charge in [-0.15, -0.1) is 0 Å². The summed E-state index contributed by atoms with van der Waals surface area (Å²) < 4.78 is 39.5. The Hall–Kier alpha value is -2.64. The van der Waals surface area contributed by atoms with E-state index in [9.17, 15) is 22.8 Å². The summed E-state index contributed by atoms with van der Waals surface area (Å²) in [7, 11) is 0. The van der Waals surface area contributed by atoms with Crippen molar-refractivity contribution in [3.05, 3.63) is 63.8 Å². The first-order valence-electron chi connectivity index (χ1n) is 5.80. The number of benzene rings is 1. The van der Waals surface area contributed by atoms with Crippen molar-refractivity contribution in [2.24, 2.45) is 5.73 Å². The van der Waals surface area contributed by atoms with E-state index in [1.54, 1.807) is 0 Å². The van der Waals surface area contributed by atoms with Gasteiger partial charge in [-0.25, -0.2) is 4.98 Å². The number of halogens is 3. The second kappa shape index (κ2) is 5.39. The zero-order valence-corrected chi connectivity index (χ0v) is 10.6. The molecule has 0 aliphatic rings. The Labute approximate surface area is 116 Å². The van der Waals surface area contributed by atoms with Gasteiger partial charge in [0.15, 0.2) is 0 Å². The summed E-state index contributed by atoms with van der Waals surface area (Å²) in [4.78, 5) is 26.2. The van der Waals surface area contributed by atoms with E-state index in [4.69, 9.17) is 5.73 Å². The molecule has 0 aliphatic heterocycles. The van der Waals surface area contributed by atoms with Crippen LogP contribution in [-0.4, -0.2) is 15.5 Å². The minimum atomic E-state index is -4.51. The second-order valence-electron chi connectivity index (χ2n) is 4.26. The van der Waals surface area contributed by atoms with E-state index in [1.807, 2.05) is 0 Å². The molecule has 0 saturated heterocycles. The van der Waals surface area contributed by atoms with Crippen LogP contribution >= 0.6 is 0 Å². The molecule has 2 aromatic rings. The third-order valence-electron chi connectivity index (χ3n) is 2.80. The van der Waals surface area contributed by atoms with E-state index >= 15 is 0 Å². The summed E-state index contributed by atoms with van der Waals surface area (Å²) in [6, 6.07) is 5.81. The summed E-state index contributed by atoms with van der Waals surface area (Å²) in [5.41, 5.74) is 3.18. The van der Waals surface area contributed by atoms with Gasteiger partial charge < -0.3 is 5.73 Å². The predicted octanol–water partition coefficient (Wildman–Crippen LogP) is 1.41. The van der Waals surface area contributed by atoms with E-state index in [0.29, 0.717) is 0 Å². The molecule has 0 aliphatic carbocycles. The van der Waals surface area contributed by atoms with Gasteiger partial charge in [-0.1, -0.05) is 18.2 Å². The fourth-order valence-electron chi connectivity index (χ4n) is 1.80. The van der Waals surface area contributed by atoms with Crippen molar-refractivity contribution in [1.82, 2.24) is 9.55 Å². The SMILES string of the molecule is NC(=O)c1cc(=O)n(Cc2ccccc2C(F)(F)F)cn1. The average Bonchev–Trinajstić information content (AvgIpc) is 2.40. The van der Waals surface area contributed by atoms with Crippen LogP contribution < -0.4 is 11.3 Å². The molecule has 8 heteroatoms. The number of primary amides is 1. The zero-order valence-electron chi connectivity index (χ0n) is 10.6. The van der Waals surface area contributed by atoms with Gasteiger partial charge in [0.25, 0.3) is 11.5 Å². The normalized spacial score (nSPS) is 11.4. The largest absolute Gasteiger partial charge is 0.416 e. The monoisotopic (exact) mass is 297 g/mol. The number of amides is 1. The van der Waals surface area contributed by atoms with Crippen LogP contribution in [0.4, 0.5) is 13.2 Å². The topological polar surface area (TPSA) is 78.0 Å². The van der Waals surface area contributed by atoms with Crippen LogP contribution in [0.25, 0.3) is 0 Å². The molecule has 1 aromatic carbocycles. The minimum Gasteiger partial charge on any atom is -0.364 e. The van der Waals surface area contributed by atoms with Crippen molar-refractivity contribution in [1.29, 1.82) is 0 Å². The smallest absolute Gasteiger partial charge is 0.364 e. The van der Waals surface area contributed by atoms with Gasteiger partial charge in [-0.3, -0.25) is 14.2 Å². The lowest BCUT2D eigenvalue weighted by Gasteiger charge is -2.13. The van der Waals surface area contributed by atoms with Crippen LogP contribution in [0.5, 0.6) is 0 Å². The second-order valence-corrected chi connectivity index (χ2v) is 4.26. The molecule has 1 aromatic heterocycles. The van der Waals surface area contributed by atoms with Crippen LogP contribution in [0.15, 0.2) is 41.5 Å². The number of carbonyl (C=O) groups excluding carboxylic acids is 1. The van der Waals surface area contributed by atoms with Crippen molar-refractivity contribution in [3.8, 4) is 0 Å². The highest BCUT2D eigenvalue weighted by molar-refractivity contribution is 5.90. The lowest BCUT2D eigenvalue weighted by Crippen LogP contribution is -2.25. The van der Waals surface area contributed by atoms with Crippen molar-refractivity contribution >= 4 is 5.91 Å². The van der Waals surface area contributed by atoms with E-state index in [0.717, 1.165) is 23.0 Å². The number of carbonyl (C=O) groups is 1. The molecule has 0 bridgehead atoms. The van der Waals surface area contributed by atoms with Crippen LogP contribution in [0.1, 0.15) is 21.6 Å². The molecule has 0 atom stereocenters. The molecule has 0 radical (unpaired) electrons. The number of rotatable bonds is 3. The molecule has 5 nitrogen and oxygen atoms in total. The fourth-order valence-corrected chi connectivity index (χ4v) is 1.80. The van der Waals surface area contributed by atoms with Crippen LogP contribution in [0.2, 0.25) is 0 Å². The van der Waals surface area contributed by atoms with Gasteiger partial charge in [0, 0.05) is 6.07 Å². The number of alkyl halides is 3. The van der Waals surface area contributed by atoms with Gasteiger partial charge in [0.05, 0.1) is 18.4 Å². The van der Waals surface area contributed by atoms with E-state index in [1.165, 1.54) is 18.2 Å². The number of aromatic nitrogens is 2. The molecule has 110 valence electrons. The lowest BCUT2D eigenvalue weighted by molar-refractivity contribution is -0.138. The first-order chi connectivity index (χ1) is 9.79. The third kappa shape index (κ3) is 3.28. The Morgan fingerprint density at radius 2 is 1.95 bits per heavy atom. The van der Waals surface area contributed by atoms with E-state index in [-0.39, 0.29) is 17.8 Å². The van der Waals surface area contributed by atoms with Crippen LogP contribution in [0, 0.1) is 0 Å². The van der Waals surface area contributed by atoms with E-state index < -0.39 is 23.2 Å². The van der Waals surface area contributed by atoms with Crippen LogP contribution in [0.3, 0.4) is 0 Å². The maximum Gasteiger partial charge on any atom is 0.416 e. The first-order valence-corrected chi connectivity index (χ1v) is 5.80. The van der Waals surface area contributed by atoms with Gasteiger partial charge >= 0.3 is 6.18 Å². The Balaban J connectivity index is 2.40. The summed E-state index contributed by atoms with van der Waals surface area (Å²) >= 11 is 0. The molecule has 2 rings (SSSR count). The Bertz CT molecular complexity index is 738. The van der Waals surface area contributed by atoms with Crippen molar-refractivity contribution in [2.45, 2.75) is 12.7 Å². The molecule has 1 amide bonds. The lowest BCUT2D eigenvalue weighted by atomic mass is 10.1. The van der Waals surface area contributed by atoms with Gasteiger partial charge in [-0.05, 0) is 11.6 Å². The summed E-state index contributed by atoms with van der Waals surface area (Å²) in [6.07, 6.45) is -3.52. The highest BCUT2D eigenvalue weighted by Crippen LogP contribution is 2.31. The molecular weight excluding hydrogens is 287 g/mol. The van der Waals surface area contributed by atoms with Gasteiger partial charge in [0.2, 0.25) is 0 Å². The standard InChI is InChI=1S/C13H10F3N3O2/c14-13(15,16)9-4-2-1-3-8(9)6-19-7-18-10(12(17)21)5-11(19)20/h1-5,7H,6H2,(H2,17,21). The van der Waals surface area contributed by atoms with Crippen molar-refractivity contribution in [3.63, 3.8) is 0 Å². The molecule has 1 heterocycles. The molecule has 0 unspecified atom stereocenters. The molecule has 0 saturated carbocycles. The summed E-state index contributed by atoms with van der Waals surface area (Å²) in [5.74, 6) is -0.880. The number of hydrogen-bond donors (Lipinski definition) is 1. The van der Waals surface area contributed by atoms with Crippen LogP contribution in [-0.2, 0) is 12.7 Å². The van der Waals surface area contributed by atoms with Crippen molar-refractivity contribution < 1.29 is 18.0 Å². The average molecular weight is 297 g/mol.